The zero-order valence-electron chi connectivity index (χ0n) is 13.1. The molecule has 1 atom stereocenters. The smallest absolute Gasteiger partial charge is 0.246 e. The summed E-state index contributed by atoms with van der Waals surface area (Å²) in [4.78, 5) is 14.1. The van der Waals surface area contributed by atoms with E-state index in [4.69, 9.17) is 0 Å². The van der Waals surface area contributed by atoms with Gasteiger partial charge in [-0.05, 0) is 45.2 Å². The Bertz CT molecular complexity index is 568. The fourth-order valence-corrected chi connectivity index (χ4v) is 2.49. The summed E-state index contributed by atoms with van der Waals surface area (Å²) in [5.41, 5.74) is 3.42. The molecule has 0 unspecified atom stereocenters. The molecule has 0 fully saturated rings. The second kappa shape index (κ2) is 6.56. The van der Waals surface area contributed by atoms with Crippen molar-refractivity contribution in [3.8, 4) is 0 Å². The highest BCUT2D eigenvalue weighted by Gasteiger charge is 2.19. The van der Waals surface area contributed by atoms with Crippen LogP contribution in [0, 0.1) is 13.8 Å². The van der Waals surface area contributed by atoms with Gasteiger partial charge >= 0.3 is 0 Å². The maximum Gasteiger partial charge on any atom is 0.246 e. The van der Waals surface area contributed by atoms with Gasteiger partial charge in [-0.3, -0.25) is 14.6 Å². The van der Waals surface area contributed by atoms with Gasteiger partial charge in [-0.25, -0.2) is 0 Å². The Balaban J connectivity index is 1.84. The van der Waals surface area contributed by atoms with E-state index >= 15 is 0 Å². The van der Waals surface area contributed by atoms with Gasteiger partial charge < -0.3 is 4.90 Å². The molecule has 6 nitrogen and oxygen atoms in total. The monoisotopic (exact) mass is 289 g/mol. The standard InChI is InChI=1S/C15H23N5O/c1-11-14(12(2)18-17-11)7-5-9-19(4)15(21)13(3)20-10-6-8-16-20/h6,8,10,13H,5,7,9H2,1-4H3,(H,17,18)/t13-/m1/s1. The zero-order valence-corrected chi connectivity index (χ0v) is 13.1. The van der Waals surface area contributed by atoms with Crippen molar-refractivity contribution in [2.24, 2.45) is 0 Å². The Kier molecular flexibility index (Phi) is 4.77. The van der Waals surface area contributed by atoms with Gasteiger partial charge in [-0.1, -0.05) is 0 Å². The van der Waals surface area contributed by atoms with Crippen LogP contribution in [0.15, 0.2) is 18.5 Å². The number of aromatic nitrogens is 4. The topological polar surface area (TPSA) is 66.8 Å². The first-order valence-electron chi connectivity index (χ1n) is 7.25. The average Bonchev–Trinajstić information content (AvgIpc) is 3.10. The summed E-state index contributed by atoms with van der Waals surface area (Å²) in [5, 5.41) is 11.3. The lowest BCUT2D eigenvalue weighted by Gasteiger charge is -2.21. The molecule has 0 saturated carbocycles. The van der Waals surface area contributed by atoms with Gasteiger partial charge in [0.1, 0.15) is 6.04 Å². The predicted octanol–water partition coefficient (Wildman–Crippen LogP) is 1.88. The second-order valence-corrected chi connectivity index (χ2v) is 5.44. The quantitative estimate of drug-likeness (QED) is 0.883. The van der Waals surface area contributed by atoms with Gasteiger partial charge in [0, 0.05) is 31.7 Å². The third kappa shape index (κ3) is 3.51. The van der Waals surface area contributed by atoms with E-state index in [9.17, 15) is 4.79 Å². The lowest BCUT2D eigenvalue weighted by molar-refractivity contribution is -0.133. The number of nitrogens with one attached hydrogen (secondary N) is 1. The van der Waals surface area contributed by atoms with Gasteiger partial charge in [0.2, 0.25) is 5.91 Å². The minimum atomic E-state index is -0.262. The van der Waals surface area contributed by atoms with Crippen LogP contribution in [0.25, 0.3) is 0 Å². The maximum absolute atomic E-state index is 12.3. The number of aromatic amines is 1. The fraction of sp³-hybridized carbons (Fsp3) is 0.533. The van der Waals surface area contributed by atoms with E-state index in [-0.39, 0.29) is 11.9 Å². The molecular formula is C15H23N5O. The summed E-state index contributed by atoms with van der Waals surface area (Å²) in [6, 6.07) is 1.57. The molecule has 2 heterocycles. The van der Waals surface area contributed by atoms with E-state index in [0.717, 1.165) is 30.8 Å². The molecule has 2 rings (SSSR count). The molecule has 1 N–H and O–H groups in total. The summed E-state index contributed by atoms with van der Waals surface area (Å²) in [7, 11) is 1.84. The van der Waals surface area contributed by atoms with Crippen molar-refractivity contribution < 1.29 is 4.79 Å². The lowest BCUT2D eigenvalue weighted by atomic mass is 10.1. The van der Waals surface area contributed by atoms with Crippen LogP contribution in [-0.4, -0.2) is 44.4 Å². The average molecular weight is 289 g/mol. The normalized spacial score (nSPS) is 12.4. The largest absolute Gasteiger partial charge is 0.344 e. The number of carbonyl (C=O) groups is 1. The molecule has 21 heavy (non-hydrogen) atoms. The number of nitrogens with zero attached hydrogens (tertiary/aromatic N) is 4. The summed E-state index contributed by atoms with van der Waals surface area (Å²) in [5.74, 6) is 0.0827. The third-order valence-electron chi connectivity index (χ3n) is 3.86. The van der Waals surface area contributed by atoms with E-state index in [2.05, 4.69) is 15.3 Å². The highest BCUT2D eigenvalue weighted by molar-refractivity contribution is 5.79. The van der Waals surface area contributed by atoms with Crippen molar-refractivity contribution in [2.75, 3.05) is 13.6 Å². The molecule has 0 aliphatic heterocycles. The van der Waals surface area contributed by atoms with Crippen LogP contribution in [-0.2, 0) is 11.2 Å². The minimum Gasteiger partial charge on any atom is -0.344 e. The number of carbonyl (C=O) groups excluding carboxylic acids is 1. The molecule has 2 aromatic heterocycles. The van der Waals surface area contributed by atoms with Crippen molar-refractivity contribution in [3.05, 3.63) is 35.4 Å². The van der Waals surface area contributed by atoms with Crippen LogP contribution in [0.5, 0.6) is 0 Å². The van der Waals surface area contributed by atoms with E-state index < -0.39 is 0 Å². The Morgan fingerprint density at radius 2 is 2.24 bits per heavy atom. The van der Waals surface area contributed by atoms with E-state index in [1.165, 1.54) is 5.56 Å². The molecule has 0 saturated heterocycles. The predicted molar refractivity (Wildman–Crippen MR) is 81.0 cm³/mol. The van der Waals surface area contributed by atoms with E-state index in [0.29, 0.717) is 0 Å². The number of hydrogen-bond acceptors (Lipinski definition) is 3. The maximum atomic E-state index is 12.3. The first-order chi connectivity index (χ1) is 10.0. The summed E-state index contributed by atoms with van der Waals surface area (Å²) in [6.45, 7) is 6.64. The molecule has 0 aliphatic carbocycles. The van der Waals surface area contributed by atoms with Crippen LogP contribution in [0.4, 0.5) is 0 Å². The Labute approximate surface area is 125 Å². The third-order valence-corrected chi connectivity index (χ3v) is 3.86. The van der Waals surface area contributed by atoms with Gasteiger partial charge in [-0.2, -0.15) is 10.2 Å². The molecule has 0 spiro atoms. The van der Waals surface area contributed by atoms with Gasteiger partial charge in [-0.15, -0.1) is 0 Å². The molecule has 0 bridgehead atoms. The van der Waals surface area contributed by atoms with E-state index in [1.54, 1.807) is 15.8 Å². The minimum absolute atomic E-state index is 0.0827. The Morgan fingerprint density at radius 3 is 2.81 bits per heavy atom. The molecule has 2 aromatic rings. The van der Waals surface area contributed by atoms with Crippen LogP contribution in [0.1, 0.15) is 36.3 Å². The van der Waals surface area contributed by atoms with Crippen molar-refractivity contribution >= 4 is 5.91 Å². The lowest BCUT2D eigenvalue weighted by Crippen LogP contribution is -2.34. The second-order valence-electron chi connectivity index (χ2n) is 5.44. The van der Waals surface area contributed by atoms with Crippen LogP contribution < -0.4 is 0 Å². The van der Waals surface area contributed by atoms with Crippen LogP contribution in [0.2, 0.25) is 0 Å². The summed E-state index contributed by atoms with van der Waals surface area (Å²) >= 11 is 0. The number of hydrogen-bond donors (Lipinski definition) is 1. The summed E-state index contributed by atoms with van der Waals surface area (Å²) in [6.07, 6.45) is 5.36. The SMILES string of the molecule is Cc1n[nH]c(C)c1CCCN(C)C(=O)[C@@H](C)n1cccn1. The number of amides is 1. The number of likely N-dealkylation sites (N-methyl/N-ethyl adjacent to an activating group) is 1. The van der Waals surface area contributed by atoms with Crippen molar-refractivity contribution in [2.45, 2.75) is 39.7 Å². The summed E-state index contributed by atoms with van der Waals surface area (Å²) < 4.78 is 1.68. The molecule has 114 valence electrons. The first kappa shape index (κ1) is 15.3. The highest BCUT2D eigenvalue weighted by atomic mass is 16.2. The first-order valence-corrected chi connectivity index (χ1v) is 7.25. The molecule has 6 heteroatoms. The Hall–Kier alpha value is -2.11. The Morgan fingerprint density at radius 1 is 1.48 bits per heavy atom. The van der Waals surface area contributed by atoms with Gasteiger partial charge in [0.25, 0.3) is 0 Å². The van der Waals surface area contributed by atoms with Crippen molar-refractivity contribution in [1.29, 1.82) is 0 Å². The fourth-order valence-electron chi connectivity index (χ4n) is 2.49. The molecule has 0 aliphatic rings. The van der Waals surface area contributed by atoms with Crippen LogP contribution >= 0.6 is 0 Å². The zero-order chi connectivity index (χ0) is 15.4. The van der Waals surface area contributed by atoms with Crippen molar-refractivity contribution in [1.82, 2.24) is 24.9 Å². The van der Waals surface area contributed by atoms with E-state index in [1.807, 2.05) is 40.1 Å². The van der Waals surface area contributed by atoms with Gasteiger partial charge in [0.05, 0.1) is 5.69 Å². The number of H-pyrrole nitrogens is 1. The molecule has 0 radical (unpaired) electrons. The highest BCUT2D eigenvalue weighted by Crippen LogP contribution is 2.13. The molecule has 0 aromatic carbocycles. The number of rotatable bonds is 6. The van der Waals surface area contributed by atoms with Gasteiger partial charge in [0.15, 0.2) is 0 Å². The number of aryl methyl sites for hydroxylation is 2. The van der Waals surface area contributed by atoms with Crippen LogP contribution in [0.3, 0.4) is 0 Å². The molecular weight excluding hydrogens is 266 g/mol. The molecule has 1 amide bonds. The van der Waals surface area contributed by atoms with Crippen molar-refractivity contribution in [3.63, 3.8) is 0 Å².